The number of ether oxygens (including phenoxy) is 1. The number of rotatable bonds is 4. The molecule has 0 atom stereocenters. The molecule has 138 valence electrons. The number of hydrogen-bond acceptors (Lipinski definition) is 4. The highest BCUT2D eigenvalue weighted by Gasteiger charge is 2.23. The van der Waals surface area contributed by atoms with Crippen LogP contribution >= 0.6 is 11.8 Å². The summed E-state index contributed by atoms with van der Waals surface area (Å²) in [5.74, 6) is 2.75. The van der Waals surface area contributed by atoms with Crippen molar-refractivity contribution < 1.29 is 9.53 Å². The SMILES string of the molecule is COc1ccc(-n2nc(C(=O)N3CCSCC3)cc2-c2ccccc2)cc1. The molecule has 1 aliphatic heterocycles. The summed E-state index contributed by atoms with van der Waals surface area (Å²) in [5.41, 5.74) is 3.30. The van der Waals surface area contributed by atoms with Gasteiger partial charge in [-0.05, 0) is 30.3 Å². The van der Waals surface area contributed by atoms with Crippen molar-refractivity contribution in [2.45, 2.75) is 0 Å². The Morgan fingerprint density at radius 1 is 1.04 bits per heavy atom. The van der Waals surface area contributed by atoms with Crippen molar-refractivity contribution in [1.29, 1.82) is 0 Å². The van der Waals surface area contributed by atoms with E-state index in [1.54, 1.807) is 7.11 Å². The van der Waals surface area contributed by atoms with E-state index >= 15 is 0 Å². The molecule has 0 unspecified atom stereocenters. The number of hydrogen-bond donors (Lipinski definition) is 0. The average Bonchev–Trinajstić information content (AvgIpc) is 3.20. The smallest absolute Gasteiger partial charge is 0.274 e. The Hall–Kier alpha value is -2.73. The monoisotopic (exact) mass is 379 g/mol. The van der Waals surface area contributed by atoms with Crippen LogP contribution in [0.25, 0.3) is 16.9 Å². The molecule has 0 bridgehead atoms. The van der Waals surface area contributed by atoms with Crippen LogP contribution < -0.4 is 4.74 Å². The van der Waals surface area contributed by atoms with Gasteiger partial charge in [0, 0.05) is 30.2 Å². The lowest BCUT2D eigenvalue weighted by Crippen LogP contribution is -2.38. The third kappa shape index (κ3) is 3.71. The fourth-order valence-corrected chi connectivity index (χ4v) is 4.05. The highest BCUT2D eigenvalue weighted by molar-refractivity contribution is 7.99. The fraction of sp³-hybridized carbons (Fsp3) is 0.238. The lowest BCUT2D eigenvalue weighted by molar-refractivity contribution is 0.0766. The zero-order valence-corrected chi connectivity index (χ0v) is 16.0. The minimum atomic E-state index is -0.000238. The molecule has 5 nitrogen and oxygen atoms in total. The molecule has 2 heterocycles. The molecule has 0 N–H and O–H groups in total. The van der Waals surface area contributed by atoms with E-state index in [9.17, 15) is 4.79 Å². The Morgan fingerprint density at radius 3 is 2.41 bits per heavy atom. The van der Waals surface area contributed by atoms with Crippen molar-refractivity contribution in [2.75, 3.05) is 31.7 Å². The lowest BCUT2D eigenvalue weighted by atomic mass is 10.1. The van der Waals surface area contributed by atoms with Crippen LogP contribution in [0.5, 0.6) is 5.75 Å². The standard InChI is InChI=1S/C21H21N3O2S/c1-26-18-9-7-17(8-10-18)24-20(16-5-3-2-4-6-16)15-19(22-24)21(25)23-11-13-27-14-12-23/h2-10,15H,11-14H2,1H3. The van der Waals surface area contributed by atoms with Gasteiger partial charge >= 0.3 is 0 Å². The average molecular weight is 379 g/mol. The number of thioether (sulfide) groups is 1. The van der Waals surface area contributed by atoms with Gasteiger partial charge in [-0.15, -0.1) is 0 Å². The molecule has 3 aromatic rings. The number of nitrogens with zero attached hydrogens (tertiary/aromatic N) is 3. The minimum absolute atomic E-state index is 0.000238. The Kier molecular flexibility index (Phi) is 5.16. The number of carbonyl (C=O) groups is 1. The van der Waals surface area contributed by atoms with Gasteiger partial charge in [-0.1, -0.05) is 30.3 Å². The molecule has 1 saturated heterocycles. The summed E-state index contributed by atoms with van der Waals surface area (Å²) >= 11 is 1.89. The van der Waals surface area contributed by atoms with Gasteiger partial charge in [0.1, 0.15) is 5.75 Å². The van der Waals surface area contributed by atoms with Gasteiger partial charge < -0.3 is 9.64 Å². The van der Waals surface area contributed by atoms with Crippen LogP contribution in [0.15, 0.2) is 60.7 Å². The van der Waals surface area contributed by atoms with E-state index in [1.165, 1.54) is 0 Å². The largest absolute Gasteiger partial charge is 0.497 e. The highest BCUT2D eigenvalue weighted by atomic mass is 32.2. The number of methoxy groups -OCH3 is 1. The van der Waals surface area contributed by atoms with Gasteiger partial charge in [0.15, 0.2) is 5.69 Å². The first-order valence-corrected chi connectivity index (χ1v) is 10.1. The Morgan fingerprint density at radius 2 is 1.74 bits per heavy atom. The Balaban J connectivity index is 1.75. The normalized spacial score (nSPS) is 14.2. The summed E-state index contributed by atoms with van der Waals surface area (Å²) in [7, 11) is 1.64. The lowest BCUT2D eigenvalue weighted by Gasteiger charge is -2.25. The molecule has 1 fully saturated rings. The van der Waals surface area contributed by atoms with Gasteiger partial charge in [-0.25, -0.2) is 4.68 Å². The van der Waals surface area contributed by atoms with E-state index in [1.807, 2.05) is 82.0 Å². The molecule has 6 heteroatoms. The molecular formula is C21H21N3O2S. The van der Waals surface area contributed by atoms with Crippen molar-refractivity contribution in [3.8, 4) is 22.7 Å². The van der Waals surface area contributed by atoms with E-state index in [0.717, 1.165) is 47.3 Å². The highest BCUT2D eigenvalue weighted by Crippen LogP contribution is 2.26. The summed E-state index contributed by atoms with van der Waals surface area (Å²) in [5, 5.41) is 4.67. The second-order valence-electron chi connectivity index (χ2n) is 6.30. The summed E-state index contributed by atoms with van der Waals surface area (Å²) in [6.45, 7) is 1.55. The maximum Gasteiger partial charge on any atom is 0.274 e. The first-order valence-electron chi connectivity index (χ1n) is 8.93. The minimum Gasteiger partial charge on any atom is -0.497 e. The molecule has 0 saturated carbocycles. The summed E-state index contributed by atoms with van der Waals surface area (Å²) in [6, 6.07) is 19.6. The van der Waals surface area contributed by atoms with E-state index in [0.29, 0.717) is 5.69 Å². The van der Waals surface area contributed by atoms with Crippen LogP contribution in [0.1, 0.15) is 10.5 Å². The van der Waals surface area contributed by atoms with E-state index in [4.69, 9.17) is 4.74 Å². The van der Waals surface area contributed by atoms with Crippen molar-refractivity contribution >= 4 is 17.7 Å². The second-order valence-corrected chi connectivity index (χ2v) is 7.52. The summed E-state index contributed by atoms with van der Waals surface area (Å²) < 4.78 is 7.08. The van der Waals surface area contributed by atoms with Crippen LogP contribution in [0.3, 0.4) is 0 Å². The molecule has 27 heavy (non-hydrogen) atoms. The Labute approximate surface area is 162 Å². The molecule has 1 aliphatic rings. The molecule has 1 aromatic heterocycles. The quantitative estimate of drug-likeness (QED) is 0.693. The van der Waals surface area contributed by atoms with Crippen LogP contribution in [0.2, 0.25) is 0 Å². The van der Waals surface area contributed by atoms with Crippen molar-refractivity contribution in [3.05, 3.63) is 66.4 Å². The van der Waals surface area contributed by atoms with Gasteiger partial charge in [-0.3, -0.25) is 4.79 Å². The number of amides is 1. The van der Waals surface area contributed by atoms with E-state index in [-0.39, 0.29) is 5.91 Å². The first kappa shape index (κ1) is 17.7. The molecule has 0 spiro atoms. The summed E-state index contributed by atoms with van der Waals surface area (Å²) in [4.78, 5) is 14.8. The van der Waals surface area contributed by atoms with Gasteiger partial charge in [-0.2, -0.15) is 16.9 Å². The molecule has 1 amide bonds. The number of benzene rings is 2. The Bertz CT molecular complexity index is 916. The maximum absolute atomic E-state index is 12.9. The van der Waals surface area contributed by atoms with Crippen molar-refractivity contribution in [3.63, 3.8) is 0 Å². The molecule has 0 radical (unpaired) electrons. The predicted octanol–water partition coefficient (Wildman–Crippen LogP) is 3.74. The fourth-order valence-electron chi connectivity index (χ4n) is 3.15. The van der Waals surface area contributed by atoms with Crippen LogP contribution in [-0.2, 0) is 0 Å². The van der Waals surface area contributed by atoms with E-state index in [2.05, 4.69) is 5.10 Å². The van der Waals surface area contributed by atoms with Gasteiger partial charge in [0.25, 0.3) is 5.91 Å². The second kappa shape index (κ2) is 7.88. The summed E-state index contributed by atoms with van der Waals surface area (Å²) in [6.07, 6.45) is 0. The van der Waals surface area contributed by atoms with Crippen LogP contribution in [-0.4, -0.2) is 52.3 Å². The maximum atomic E-state index is 12.9. The van der Waals surface area contributed by atoms with Crippen LogP contribution in [0, 0.1) is 0 Å². The zero-order valence-electron chi connectivity index (χ0n) is 15.2. The predicted molar refractivity (Wildman–Crippen MR) is 109 cm³/mol. The van der Waals surface area contributed by atoms with Crippen molar-refractivity contribution in [1.82, 2.24) is 14.7 Å². The van der Waals surface area contributed by atoms with Crippen molar-refractivity contribution in [2.24, 2.45) is 0 Å². The van der Waals surface area contributed by atoms with Gasteiger partial charge in [0.2, 0.25) is 0 Å². The molecule has 0 aliphatic carbocycles. The third-order valence-corrected chi connectivity index (χ3v) is 5.56. The van der Waals surface area contributed by atoms with E-state index < -0.39 is 0 Å². The number of carbonyl (C=O) groups excluding carboxylic acids is 1. The third-order valence-electron chi connectivity index (χ3n) is 4.61. The molecule has 2 aromatic carbocycles. The molecular weight excluding hydrogens is 358 g/mol. The number of aromatic nitrogens is 2. The van der Waals surface area contributed by atoms with Crippen LogP contribution in [0.4, 0.5) is 0 Å². The zero-order chi connectivity index (χ0) is 18.6. The van der Waals surface area contributed by atoms with Gasteiger partial charge in [0.05, 0.1) is 18.5 Å². The molecule has 4 rings (SSSR count). The first-order chi connectivity index (χ1) is 13.3. The topological polar surface area (TPSA) is 47.4 Å².